The SMILES string of the molecule is C=CC[C@]1(C(=O)N(C)OC)C(=O)N(C(c2ccccc2)(c2ccccc2)c2ccccc2)[C@H]1COCc1ccccc1. The molecule has 214 valence electrons. The molecule has 0 radical (unpaired) electrons. The summed E-state index contributed by atoms with van der Waals surface area (Å²) in [7, 11) is 2.95. The van der Waals surface area contributed by atoms with Crippen molar-refractivity contribution in [1.29, 1.82) is 0 Å². The number of carbonyl (C=O) groups excluding carboxylic acids is 2. The van der Waals surface area contributed by atoms with E-state index in [0.717, 1.165) is 27.3 Å². The highest BCUT2D eigenvalue weighted by molar-refractivity contribution is 6.11. The molecule has 5 rings (SSSR count). The minimum Gasteiger partial charge on any atom is -0.375 e. The van der Waals surface area contributed by atoms with Crippen molar-refractivity contribution in [2.45, 2.75) is 24.6 Å². The minimum absolute atomic E-state index is 0.131. The van der Waals surface area contributed by atoms with Gasteiger partial charge >= 0.3 is 0 Å². The summed E-state index contributed by atoms with van der Waals surface area (Å²) in [5.74, 6) is -0.733. The normalized spacial score (nSPS) is 18.3. The number of hydrogen-bond acceptors (Lipinski definition) is 4. The van der Waals surface area contributed by atoms with Crippen LogP contribution in [-0.4, -0.2) is 48.6 Å². The highest BCUT2D eigenvalue weighted by Crippen LogP contribution is 2.55. The van der Waals surface area contributed by atoms with Gasteiger partial charge in [-0.25, -0.2) is 5.06 Å². The molecule has 6 heteroatoms. The van der Waals surface area contributed by atoms with Crippen LogP contribution in [0.1, 0.15) is 28.7 Å². The second-order valence-corrected chi connectivity index (χ2v) is 10.4. The summed E-state index contributed by atoms with van der Waals surface area (Å²) in [6.07, 6.45) is 1.78. The molecule has 6 nitrogen and oxygen atoms in total. The third-order valence-corrected chi connectivity index (χ3v) is 8.21. The summed E-state index contributed by atoms with van der Waals surface area (Å²) in [5.41, 5.74) is 1.23. The van der Waals surface area contributed by atoms with Crippen molar-refractivity contribution in [3.05, 3.63) is 156 Å². The molecular weight excluding hydrogens is 524 g/mol. The van der Waals surface area contributed by atoms with Gasteiger partial charge in [0.1, 0.15) is 5.54 Å². The molecule has 0 N–H and O–H groups in total. The predicted octanol–water partition coefficient (Wildman–Crippen LogP) is 5.99. The molecule has 0 aromatic heterocycles. The van der Waals surface area contributed by atoms with Crippen LogP contribution in [0.2, 0.25) is 0 Å². The Hall–Kier alpha value is -4.52. The molecular formula is C36H36N2O4. The predicted molar refractivity (Wildman–Crippen MR) is 163 cm³/mol. The lowest BCUT2D eigenvalue weighted by Crippen LogP contribution is -2.79. The maximum Gasteiger partial charge on any atom is 0.264 e. The molecule has 4 aromatic rings. The number of ether oxygens (including phenoxy) is 1. The lowest BCUT2D eigenvalue weighted by molar-refractivity contribution is -0.213. The van der Waals surface area contributed by atoms with Crippen LogP contribution in [0.4, 0.5) is 0 Å². The topological polar surface area (TPSA) is 59.1 Å². The van der Waals surface area contributed by atoms with Gasteiger partial charge in [-0.1, -0.05) is 127 Å². The number of carbonyl (C=O) groups is 2. The lowest BCUT2D eigenvalue weighted by atomic mass is 9.61. The van der Waals surface area contributed by atoms with Crippen molar-refractivity contribution in [3.8, 4) is 0 Å². The molecule has 2 amide bonds. The van der Waals surface area contributed by atoms with Crippen LogP contribution >= 0.6 is 0 Å². The van der Waals surface area contributed by atoms with E-state index < -0.39 is 22.9 Å². The van der Waals surface area contributed by atoms with Gasteiger partial charge in [-0.3, -0.25) is 14.4 Å². The largest absolute Gasteiger partial charge is 0.375 e. The van der Waals surface area contributed by atoms with E-state index in [2.05, 4.69) is 6.58 Å². The van der Waals surface area contributed by atoms with Crippen LogP contribution in [0, 0.1) is 5.41 Å². The molecule has 0 unspecified atom stereocenters. The summed E-state index contributed by atoms with van der Waals surface area (Å²) >= 11 is 0. The van der Waals surface area contributed by atoms with Crippen LogP contribution in [0.15, 0.2) is 134 Å². The summed E-state index contributed by atoms with van der Waals surface area (Å²) < 4.78 is 6.33. The fourth-order valence-electron chi connectivity index (χ4n) is 6.21. The Morgan fingerprint density at radius 1 is 0.857 bits per heavy atom. The van der Waals surface area contributed by atoms with Crippen LogP contribution < -0.4 is 0 Å². The third-order valence-electron chi connectivity index (χ3n) is 8.21. The molecule has 1 fully saturated rings. The first-order chi connectivity index (χ1) is 20.5. The van der Waals surface area contributed by atoms with Gasteiger partial charge in [0.2, 0.25) is 5.91 Å². The van der Waals surface area contributed by atoms with E-state index in [-0.39, 0.29) is 18.9 Å². The van der Waals surface area contributed by atoms with Gasteiger partial charge in [-0.05, 0) is 28.7 Å². The molecule has 1 aliphatic rings. The number of β-lactam (4-membered cyclic amide) rings is 1. The number of benzene rings is 4. The van der Waals surface area contributed by atoms with Crippen molar-refractivity contribution < 1.29 is 19.2 Å². The average molecular weight is 561 g/mol. The monoisotopic (exact) mass is 560 g/mol. The highest BCUT2D eigenvalue weighted by Gasteiger charge is 2.70. The number of allylic oxidation sites excluding steroid dienone is 1. The van der Waals surface area contributed by atoms with Crippen molar-refractivity contribution in [1.82, 2.24) is 9.96 Å². The van der Waals surface area contributed by atoms with E-state index in [1.807, 2.05) is 126 Å². The number of hydroxylamine groups is 2. The number of nitrogens with zero attached hydrogens (tertiary/aromatic N) is 2. The molecule has 0 bridgehead atoms. The molecule has 0 spiro atoms. The second-order valence-electron chi connectivity index (χ2n) is 10.4. The first-order valence-corrected chi connectivity index (χ1v) is 14.1. The van der Waals surface area contributed by atoms with E-state index in [0.29, 0.717) is 6.61 Å². The molecule has 4 aromatic carbocycles. The van der Waals surface area contributed by atoms with E-state index >= 15 is 0 Å². The second kappa shape index (κ2) is 12.6. The van der Waals surface area contributed by atoms with Crippen molar-refractivity contribution in [2.75, 3.05) is 20.8 Å². The first kappa shape index (κ1) is 29.0. The quantitative estimate of drug-likeness (QED) is 0.0703. The van der Waals surface area contributed by atoms with E-state index in [4.69, 9.17) is 9.57 Å². The van der Waals surface area contributed by atoms with Gasteiger partial charge in [0.25, 0.3) is 5.91 Å². The fourth-order valence-corrected chi connectivity index (χ4v) is 6.21. The standard InChI is InChI=1S/C36H36N2O4/c1-4-25-35(33(39)37(2)41-3)32(27-42-26-28-17-9-5-10-18-28)38(34(35)40)36(29-19-11-6-12-20-29,30-21-13-7-14-22-30)31-23-15-8-16-24-31/h4-24,32H,1,25-27H2,2-3H3/t32-,35-/m0/s1. The van der Waals surface area contributed by atoms with E-state index in [9.17, 15) is 9.59 Å². The van der Waals surface area contributed by atoms with E-state index in [1.165, 1.54) is 14.2 Å². The van der Waals surface area contributed by atoms with Crippen molar-refractivity contribution >= 4 is 11.8 Å². The zero-order valence-electron chi connectivity index (χ0n) is 24.1. The minimum atomic E-state index is -1.45. The van der Waals surface area contributed by atoms with Crippen molar-refractivity contribution in [3.63, 3.8) is 0 Å². The third kappa shape index (κ3) is 4.83. The Morgan fingerprint density at radius 2 is 1.31 bits per heavy atom. The van der Waals surface area contributed by atoms with Gasteiger partial charge in [0, 0.05) is 7.05 Å². The number of likely N-dealkylation sites (tertiary alicyclic amines) is 1. The van der Waals surface area contributed by atoms with E-state index in [1.54, 1.807) is 6.08 Å². The number of rotatable bonds is 12. The average Bonchev–Trinajstić information content (AvgIpc) is 3.06. The molecule has 1 aliphatic heterocycles. The molecule has 42 heavy (non-hydrogen) atoms. The van der Waals surface area contributed by atoms with Gasteiger partial charge in [0.05, 0.1) is 26.4 Å². The maximum atomic E-state index is 14.9. The molecule has 1 heterocycles. The Morgan fingerprint density at radius 3 is 1.74 bits per heavy atom. The maximum absolute atomic E-state index is 14.9. The molecule has 0 saturated carbocycles. The Labute approximate surface area is 247 Å². The highest BCUT2D eigenvalue weighted by atomic mass is 16.7. The first-order valence-electron chi connectivity index (χ1n) is 14.1. The Kier molecular flexibility index (Phi) is 8.67. The van der Waals surface area contributed by atoms with Crippen LogP contribution in [0.25, 0.3) is 0 Å². The van der Waals surface area contributed by atoms with Gasteiger partial charge in [0.15, 0.2) is 5.41 Å². The number of amides is 2. The Balaban J connectivity index is 1.73. The Bertz CT molecular complexity index is 1400. The van der Waals surface area contributed by atoms with Gasteiger partial charge < -0.3 is 9.64 Å². The zero-order valence-corrected chi connectivity index (χ0v) is 24.1. The van der Waals surface area contributed by atoms with Gasteiger partial charge in [-0.15, -0.1) is 6.58 Å². The molecule has 1 saturated heterocycles. The molecule has 0 aliphatic carbocycles. The van der Waals surface area contributed by atoms with Gasteiger partial charge in [-0.2, -0.15) is 0 Å². The summed E-state index contributed by atoms with van der Waals surface area (Å²) in [5, 5.41) is 1.14. The van der Waals surface area contributed by atoms with Crippen LogP contribution in [0.3, 0.4) is 0 Å². The van der Waals surface area contributed by atoms with Crippen LogP contribution in [-0.2, 0) is 31.3 Å². The fraction of sp³-hybridized carbons (Fsp3) is 0.222. The van der Waals surface area contributed by atoms with Crippen molar-refractivity contribution in [2.24, 2.45) is 5.41 Å². The summed E-state index contributed by atoms with van der Waals surface area (Å²) in [6, 6.07) is 39.1. The summed E-state index contributed by atoms with van der Waals surface area (Å²) in [6.45, 7) is 4.40. The lowest BCUT2D eigenvalue weighted by Gasteiger charge is -2.62. The molecule has 2 atom stereocenters. The summed E-state index contributed by atoms with van der Waals surface area (Å²) in [4.78, 5) is 36.1. The van der Waals surface area contributed by atoms with Crippen LogP contribution in [0.5, 0.6) is 0 Å². The smallest absolute Gasteiger partial charge is 0.264 e. The number of hydrogen-bond donors (Lipinski definition) is 0. The zero-order chi connectivity index (χ0) is 29.6.